The van der Waals surface area contributed by atoms with Crippen LogP contribution in [-0.2, 0) is 0 Å². The molecule has 4 rings (SSSR count). The van der Waals surface area contributed by atoms with Gasteiger partial charge in [-0.2, -0.15) is 15.4 Å². The normalized spacial score (nSPS) is 20.3. The van der Waals surface area contributed by atoms with Crippen LogP contribution in [0.25, 0.3) is 10.8 Å². The standard InChI is InChI=1S/C18H19N5O2/c24-18(16-11-20-23-22-16)21-13-4-6-14(7-5-13)25-17-3-1-2-12-10-19-9-8-15(12)17/h1-3,8-11,13-14H,4-7H2,(H,21,24)(H,20,22,23). The van der Waals surface area contributed by atoms with E-state index in [2.05, 4.69) is 25.7 Å². The number of hydrogen-bond donors (Lipinski definition) is 2. The predicted molar refractivity (Wildman–Crippen MR) is 92.3 cm³/mol. The van der Waals surface area contributed by atoms with Gasteiger partial charge in [0, 0.05) is 29.2 Å². The first-order chi connectivity index (χ1) is 12.3. The van der Waals surface area contributed by atoms with Crippen LogP contribution in [0.5, 0.6) is 5.75 Å². The minimum atomic E-state index is -0.181. The van der Waals surface area contributed by atoms with E-state index in [0.29, 0.717) is 5.69 Å². The molecule has 3 aromatic rings. The Morgan fingerprint density at radius 3 is 2.84 bits per heavy atom. The first kappa shape index (κ1) is 15.6. The highest BCUT2D eigenvalue weighted by molar-refractivity contribution is 5.92. The molecule has 1 aromatic carbocycles. The number of ether oxygens (including phenoxy) is 1. The zero-order chi connectivity index (χ0) is 17.1. The molecular formula is C18H19N5O2. The molecule has 2 aromatic heterocycles. The summed E-state index contributed by atoms with van der Waals surface area (Å²) in [5, 5.41) is 15.1. The van der Waals surface area contributed by atoms with E-state index in [1.165, 1.54) is 6.20 Å². The number of rotatable bonds is 4. The SMILES string of the molecule is O=C(NC1CCC(Oc2cccc3cnccc23)CC1)c1cn[nH]n1. The van der Waals surface area contributed by atoms with E-state index in [4.69, 9.17) is 4.74 Å². The second-order valence-corrected chi connectivity index (χ2v) is 6.27. The first-order valence-corrected chi connectivity index (χ1v) is 8.45. The number of pyridine rings is 1. The van der Waals surface area contributed by atoms with Gasteiger partial charge in [0.25, 0.3) is 5.91 Å². The Hall–Kier alpha value is -2.96. The average molecular weight is 337 g/mol. The van der Waals surface area contributed by atoms with E-state index in [-0.39, 0.29) is 18.1 Å². The summed E-state index contributed by atoms with van der Waals surface area (Å²) < 4.78 is 6.23. The van der Waals surface area contributed by atoms with Crippen LogP contribution in [0.15, 0.2) is 42.9 Å². The van der Waals surface area contributed by atoms with E-state index in [0.717, 1.165) is 42.2 Å². The van der Waals surface area contributed by atoms with Crippen molar-refractivity contribution in [2.45, 2.75) is 37.8 Å². The van der Waals surface area contributed by atoms with Crippen molar-refractivity contribution < 1.29 is 9.53 Å². The Kier molecular flexibility index (Phi) is 4.28. The second-order valence-electron chi connectivity index (χ2n) is 6.27. The van der Waals surface area contributed by atoms with E-state index in [9.17, 15) is 4.79 Å². The number of hydrogen-bond acceptors (Lipinski definition) is 5. The Labute approximate surface area is 144 Å². The Bertz CT molecular complexity index is 852. The Morgan fingerprint density at radius 2 is 2.04 bits per heavy atom. The van der Waals surface area contributed by atoms with Crippen LogP contribution < -0.4 is 10.1 Å². The molecular weight excluding hydrogens is 318 g/mol. The second kappa shape index (κ2) is 6.88. The van der Waals surface area contributed by atoms with Gasteiger partial charge in [0.1, 0.15) is 5.75 Å². The highest BCUT2D eigenvalue weighted by atomic mass is 16.5. The van der Waals surface area contributed by atoms with E-state index in [1.807, 2.05) is 30.5 Å². The molecule has 1 aliphatic carbocycles. The summed E-state index contributed by atoms with van der Waals surface area (Å²) in [7, 11) is 0. The molecule has 0 saturated heterocycles. The predicted octanol–water partition coefficient (Wildman–Crippen LogP) is 2.47. The molecule has 0 atom stereocenters. The summed E-state index contributed by atoms with van der Waals surface area (Å²) in [6, 6.07) is 8.16. The van der Waals surface area contributed by atoms with Gasteiger partial charge >= 0.3 is 0 Å². The summed E-state index contributed by atoms with van der Waals surface area (Å²) in [5.41, 5.74) is 0.322. The lowest BCUT2D eigenvalue weighted by Crippen LogP contribution is -2.39. The lowest BCUT2D eigenvalue weighted by atomic mass is 9.92. The zero-order valence-electron chi connectivity index (χ0n) is 13.7. The summed E-state index contributed by atoms with van der Waals surface area (Å²) in [5.74, 6) is 0.717. The number of carbonyl (C=O) groups is 1. The van der Waals surface area contributed by atoms with Gasteiger partial charge in [-0.05, 0) is 37.8 Å². The smallest absolute Gasteiger partial charge is 0.273 e. The monoisotopic (exact) mass is 337 g/mol. The fourth-order valence-electron chi connectivity index (χ4n) is 3.27. The molecule has 128 valence electrons. The third-order valence-electron chi connectivity index (χ3n) is 4.59. The van der Waals surface area contributed by atoms with Crippen molar-refractivity contribution in [3.63, 3.8) is 0 Å². The molecule has 7 nitrogen and oxygen atoms in total. The van der Waals surface area contributed by atoms with Gasteiger partial charge in [0.05, 0.1) is 12.3 Å². The van der Waals surface area contributed by atoms with Gasteiger partial charge in [-0.25, -0.2) is 0 Å². The van der Waals surface area contributed by atoms with Crippen molar-refractivity contribution in [1.29, 1.82) is 0 Å². The number of benzene rings is 1. The molecule has 0 bridgehead atoms. The number of nitrogens with zero attached hydrogens (tertiary/aromatic N) is 3. The zero-order valence-corrected chi connectivity index (χ0v) is 13.7. The Morgan fingerprint density at radius 1 is 1.16 bits per heavy atom. The number of aromatic nitrogens is 4. The highest BCUT2D eigenvalue weighted by Crippen LogP contribution is 2.29. The summed E-state index contributed by atoms with van der Waals surface area (Å²) in [4.78, 5) is 16.2. The fourth-order valence-corrected chi connectivity index (χ4v) is 3.27. The van der Waals surface area contributed by atoms with Gasteiger partial charge in [0.15, 0.2) is 5.69 Å². The van der Waals surface area contributed by atoms with Crippen molar-refractivity contribution in [2.24, 2.45) is 0 Å². The molecule has 0 unspecified atom stereocenters. The van der Waals surface area contributed by atoms with Gasteiger partial charge in [0.2, 0.25) is 0 Å². The topological polar surface area (TPSA) is 92.8 Å². The maximum atomic E-state index is 12.0. The number of amides is 1. The van der Waals surface area contributed by atoms with Gasteiger partial charge in [-0.1, -0.05) is 12.1 Å². The third-order valence-corrected chi connectivity index (χ3v) is 4.59. The van der Waals surface area contributed by atoms with Crippen molar-refractivity contribution >= 4 is 16.7 Å². The molecule has 2 N–H and O–H groups in total. The average Bonchev–Trinajstić information content (AvgIpc) is 3.19. The van der Waals surface area contributed by atoms with E-state index < -0.39 is 0 Å². The number of fused-ring (bicyclic) bond motifs is 1. The number of H-pyrrole nitrogens is 1. The highest BCUT2D eigenvalue weighted by Gasteiger charge is 2.24. The lowest BCUT2D eigenvalue weighted by Gasteiger charge is -2.29. The molecule has 7 heteroatoms. The maximum absolute atomic E-state index is 12.0. The maximum Gasteiger partial charge on any atom is 0.273 e. The molecule has 1 saturated carbocycles. The molecule has 2 heterocycles. The molecule has 0 spiro atoms. The van der Waals surface area contributed by atoms with E-state index in [1.54, 1.807) is 6.20 Å². The van der Waals surface area contributed by atoms with E-state index >= 15 is 0 Å². The van der Waals surface area contributed by atoms with Crippen LogP contribution in [0.2, 0.25) is 0 Å². The van der Waals surface area contributed by atoms with Gasteiger partial charge in [-0.3, -0.25) is 9.78 Å². The molecule has 1 amide bonds. The van der Waals surface area contributed by atoms with Crippen LogP contribution in [0.1, 0.15) is 36.2 Å². The number of carbonyl (C=O) groups excluding carboxylic acids is 1. The van der Waals surface area contributed by atoms with Crippen molar-refractivity contribution in [3.05, 3.63) is 48.5 Å². The number of aromatic amines is 1. The summed E-state index contributed by atoms with van der Waals surface area (Å²) >= 11 is 0. The Balaban J connectivity index is 1.35. The lowest BCUT2D eigenvalue weighted by molar-refractivity contribution is 0.0890. The molecule has 1 aliphatic rings. The molecule has 25 heavy (non-hydrogen) atoms. The van der Waals surface area contributed by atoms with Gasteiger partial charge in [-0.15, -0.1) is 0 Å². The summed E-state index contributed by atoms with van der Waals surface area (Å²) in [6.45, 7) is 0. The number of nitrogens with one attached hydrogen (secondary N) is 2. The minimum Gasteiger partial charge on any atom is -0.490 e. The van der Waals surface area contributed by atoms with Crippen LogP contribution >= 0.6 is 0 Å². The van der Waals surface area contributed by atoms with Crippen LogP contribution in [0.4, 0.5) is 0 Å². The first-order valence-electron chi connectivity index (χ1n) is 8.45. The van der Waals surface area contributed by atoms with Crippen LogP contribution in [-0.4, -0.2) is 38.4 Å². The molecule has 0 aliphatic heterocycles. The third kappa shape index (κ3) is 3.45. The van der Waals surface area contributed by atoms with Crippen molar-refractivity contribution in [2.75, 3.05) is 0 Å². The minimum absolute atomic E-state index is 0.153. The van der Waals surface area contributed by atoms with Crippen LogP contribution in [0.3, 0.4) is 0 Å². The van der Waals surface area contributed by atoms with Crippen LogP contribution in [0, 0.1) is 0 Å². The fraction of sp³-hybridized carbons (Fsp3) is 0.333. The van der Waals surface area contributed by atoms with Crippen molar-refractivity contribution in [1.82, 2.24) is 25.7 Å². The molecule has 0 radical (unpaired) electrons. The van der Waals surface area contributed by atoms with Gasteiger partial charge < -0.3 is 10.1 Å². The quantitative estimate of drug-likeness (QED) is 0.763. The largest absolute Gasteiger partial charge is 0.490 e. The van der Waals surface area contributed by atoms with Crippen molar-refractivity contribution in [3.8, 4) is 5.75 Å². The molecule has 1 fully saturated rings. The summed E-state index contributed by atoms with van der Waals surface area (Å²) in [6.07, 6.45) is 8.82.